The summed E-state index contributed by atoms with van der Waals surface area (Å²) in [4.78, 5) is 18.0. The SMILES string of the molecule is CN1CNNC1[C@H](C1CCC1)C1CCCC(n2cc3c(C(F)(F)F)cc(CN4CCC[C@@](C)(O)C4)cn3c2=O)C1. The minimum Gasteiger partial charge on any atom is -0.389 e. The first kappa shape index (κ1) is 28.2. The van der Waals surface area contributed by atoms with Crippen molar-refractivity contribution < 1.29 is 18.3 Å². The van der Waals surface area contributed by atoms with Crippen LogP contribution in [0.15, 0.2) is 23.3 Å². The van der Waals surface area contributed by atoms with Gasteiger partial charge < -0.3 is 5.11 Å². The topological polar surface area (TPSA) is 77.2 Å². The third-order valence-electron chi connectivity index (χ3n) is 10.1. The molecule has 6 rings (SSSR count). The van der Waals surface area contributed by atoms with Gasteiger partial charge in [-0.2, -0.15) is 13.2 Å². The average Bonchev–Trinajstić information content (AvgIpc) is 3.42. The summed E-state index contributed by atoms with van der Waals surface area (Å²) in [6, 6.07) is 1.07. The highest BCUT2D eigenvalue weighted by atomic mass is 19.4. The van der Waals surface area contributed by atoms with Crippen molar-refractivity contribution in [2.24, 2.45) is 17.8 Å². The van der Waals surface area contributed by atoms with Gasteiger partial charge in [0, 0.05) is 31.5 Å². The van der Waals surface area contributed by atoms with Gasteiger partial charge in [-0.3, -0.25) is 18.8 Å². The zero-order valence-electron chi connectivity index (χ0n) is 23.6. The molecule has 2 aromatic rings. The number of β-amino-alcohol motifs (C(OH)–C–C–N with tert-alkyl or cyclic N) is 1. The van der Waals surface area contributed by atoms with Gasteiger partial charge in [-0.05, 0) is 82.0 Å². The standard InChI is InChI=1S/C29H43F3N6O2/c1-28(40)10-5-11-36(17-28)14-19-12-23(29(30,31)32)24-16-37(27(39)38(24)15-19)22-9-4-8-21(13-22)25(20-6-3-7-20)26-34-33-18-35(26)2/h12,15-16,20-22,25-26,33-34,40H,3-11,13-14,17-18H2,1-2H3/t21?,22?,25-,26?,28-/m1/s1. The summed E-state index contributed by atoms with van der Waals surface area (Å²) in [7, 11) is 2.12. The van der Waals surface area contributed by atoms with E-state index in [2.05, 4.69) is 22.8 Å². The fourth-order valence-corrected chi connectivity index (χ4v) is 7.96. The van der Waals surface area contributed by atoms with Crippen molar-refractivity contribution in [3.05, 3.63) is 40.1 Å². The summed E-state index contributed by atoms with van der Waals surface area (Å²) >= 11 is 0. The highest BCUT2D eigenvalue weighted by molar-refractivity contribution is 5.56. The molecule has 4 aliphatic rings. The largest absolute Gasteiger partial charge is 0.418 e. The quantitative estimate of drug-likeness (QED) is 0.494. The predicted molar refractivity (Wildman–Crippen MR) is 146 cm³/mol. The van der Waals surface area contributed by atoms with Crippen molar-refractivity contribution in [1.82, 2.24) is 29.6 Å². The Kier molecular flexibility index (Phi) is 7.57. The Morgan fingerprint density at radius 1 is 1.12 bits per heavy atom. The van der Waals surface area contributed by atoms with E-state index in [4.69, 9.17) is 0 Å². The van der Waals surface area contributed by atoms with Gasteiger partial charge in [-0.1, -0.05) is 25.7 Å². The Morgan fingerprint density at radius 3 is 2.52 bits per heavy atom. The number of aromatic nitrogens is 2. The molecule has 0 aromatic carbocycles. The molecule has 222 valence electrons. The lowest BCUT2D eigenvalue weighted by Gasteiger charge is -2.46. The van der Waals surface area contributed by atoms with Crippen LogP contribution in [0, 0.1) is 17.8 Å². The zero-order valence-corrected chi connectivity index (χ0v) is 23.6. The molecule has 3 unspecified atom stereocenters. The van der Waals surface area contributed by atoms with Crippen molar-refractivity contribution >= 4 is 5.52 Å². The average molecular weight is 565 g/mol. The molecule has 8 nitrogen and oxygen atoms in total. The second-order valence-electron chi connectivity index (χ2n) is 13.2. The monoisotopic (exact) mass is 564 g/mol. The molecule has 4 heterocycles. The number of hydrogen-bond donors (Lipinski definition) is 3. The van der Waals surface area contributed by atoms with Crippen LogP contribution in [0.5, 0.6) is 0 Å². The number of halogens is 3. The van der Waals surface area contributed by atoms with E-state index in [1.54, 1.807) is 17.7 Å². The Hall–Kier alpha value is -1.92. The molecule has 0 amide bonds. The molecule has 11 heteroatoms. The second kappa shape index (κ2) is 10.7. The summed E-state index contributed by atoms with van der Waals surface area (Å²) < 4.78 is 45.7. The van der Waals surface area contributed by atoms with E-state index >= 15 is 0 Å². The van der Waals surface area contributed by atoms with Crippen LogP contribution in [0.4, 0.5) is 13.2 Å². The minimum atomic E-state index is -4.58. The molecule has 0 bridgehead atoms. The van der Waals surface area contributed by atoms with E-state index in [1.807, 2.05) is 4.90 Å². The molecule has 5 atom stereocenters. The van der Waals surface area contributed by atoms with Crippen LogP contribution >= 0.6 is 0 Å². The number of aliphatic hydroxyl groups is 1. The number of piperidine rings is 1. The molecular weight excluding hydrogens is 521 g/mol. The number of hydrogen-bond acceptors (Lipinski definition) is 6. The van der Waals surface area contributed by atoms with Crippen LogP contribution in [0.3, 0.4) is 0 Å². The van der Waals surface area contributed by atoms with E-state index < -0.39 is 23.0 Å². The van der Waals surface area contributed by atoms with Crippen LogP contribution < -0.4 is 16.5 Å². The lowest BCUT2D eigenvalue weighted by molar-refractivity contribution is -0.136. The minimum absolute atomic E-state index is 0.0778. The lowest BCUT2D eigenvalue weighted by Crippen LogP contribution is -2.50. The van der Waals surface area contributed by atoms with Crippen LogP contribution in [-0.2, 0) is 12.7 Å². The maximum atomic E-state index is 14.3. The van der Waals surface area contributed by atoms with Crippen LogP contribution in [-0.4, -0.2) is 62.4 Å². The maximum Gasteiger partial charge on any atom is 0.418 e. The molecule has 0 spiro atoms. The Bertz CT molecular complexity index is 1270. The number of hydrazine groups is 1. The van der Waals surface area contributed by atoms with Crippen LogP contribution in [0.2, 0.25) is 0 Å². The first-order valence-electron chi connectivity index (χ1n) is 15.0. The summed E-state index contributed by atoms with van der Waals surface area (Å²) in [5.74, 6) is 1.50. The first-order chi connectivity index (χ1) is 19.0. The molecule has 3 N–H and O–H groups in total. The van der Waals surface area contributed by atoms with Crippen molar-refractivity contribution in [3.8, 4) is 0 Å². The van der Waals surface area contributed by atoms with Crippen molar-refractivity contribution in [2.45, 2.75) is 95.2 Å². The number of imidazole rings is 1. The molecule has 2 saturated heterocycles. The van der Waals surface area contributed by atoms with Gasteiger partial charge in [0.1, 0.15) is 0 Å². The van der Waals surface area contributed by atoms with Gasteiger partial charge in [0.2, 0.25) is 0 Å². The van der Waals surface area contributed by atoms with Gasteiger partial charge in [0.25, 0.3) is 0 Å². The number of pyridine rings is 1. The fourth-order valence-electron chi connectivity index (χ4n) is 7.96. The van der Waals surface area contributed by atoms with Gasteiger partial charge >= 0.3 is 11.9 Å². The van der Waals surface area contributed by atoms with Crippen molar-refractivity contribution in [2.75, 3.05) is 26.8 Å². The number of nitrogens with zero attached hydrogens (tertiary/aromatic N) is 4. The molecular formula is C29H43F3N6O2. The second-order valence-corrected chi connectivity index (χ2v) is 13.2. The lowest BCUT2D eigenvalue weighted by atomic mass is 9.65. The van der Waals surface area contributed by atoms with E-state index in [1.165, 1.54) is 35.9 Å². The normalized spacial score (nSPS) is 32.0. The number of nitrogens with one attached hydrogen (secondary N) is 2. The van der Waals surface area contributed by atoms with Crippen molar-refractivity contribution in [1.29, 1.82) is 0 Å². The molecule has 2 saturated carbocycles. The Balaban J connectivity index is 1.31. The third kappa shape index (κ3) is 5.47. The van der Waals surface area contributed by atoms with E-state index in [-0.39, 0.29) is 24.3 Å². The highest BCUT2D eigenvalue weighted by Gasteiger charge is 2.44. The number of alkyl halides is 3. The summed E-state index contributed by atoms with van der Waals surface area (Å²) in [5, 5.41) is 10.5. The molecule has 40 heavy (non-hydrogen) atoms. The maximum absolute atomic E-state index is 14.3. The smallest absolute Gasteiger partial charge is 0.389 e. The molecule has 4 fully saturated rings. The predicted octanol–water partition coefficient (Wildman–Crippen LogP) is 3.94. The number of fused-ring (bicyclic) bond motifs is 1. The van der Waals surface area contributed by atoms with Gasteiger partial charge in [-0.25, -0.2) is 15.6 Å². The summed E-state index contributed by atoms with van der Waals surface area (Å²) in [6.07, 6.45) is 7.49. The number of rotatable bonds is 6. The van der Waals surface area contributed by atoms with Gasteiger partial charge in [-0.15, -0.1) is 0 Å². The van der Waals surface area contributed by atoms with E-state index in [0.29, 0.717) is 42.8 Å². The first-order valence-corrected chi connectivity index (χ1v) is 15.0. The third-order valence-corrected chi connectivity index (χ3v) is 10.1. The molecule has 2 aromatic heterocycles. The van der Waals surface area contributed by atoms with E-state index in [0.717, 1.165) is 38.8 Å². The molecule has 2 aliphatic carbocycles. The molecule has 2 aliphatic heterocycles. The number of likely N-dealkylation sites (tertiary alicyclic amines) is 1. The van der Waals surface area contributed by atoms with Gasteiger partial charge in [0.05, 0.1) is 29.5 Å². The molecule has 0 radical (unpaired) electrons. The Labute approximate surface area is 233 Å². The van der Waals surface area contributed by atoms with Crippen molar-refractivity contribution in [3.63, 3.8) is 0 Å². The zero-order chi connectivity index (χ0) is 28.2. The Morgan fingerprint density at radius 2 is 1.88 bits per heavy atom. The fraction of sp³-hybridized carbons (Fsp3) is 0.759. The highest BCUT2D eigenvalue weighted by Crippen LogP contribution is 2.47. The summed E-state index contributed by atoms with van der Waals surface area (Å²) in [5.41, 5.74) is 5.07. The van der Waals surface area contributed by atoms with Crippen LogP contribution in [0.25, 0.3) is 5.52 Å². The van der Waals surface area contributed by atoms with Gasteiger partial charge in [0.15, 0.2) is 0 Å². The van der Waals surface area contributed by atoms with E-state index in [9.17, 15) is 23.1 Å². The summed E-state index contributed by atoms with van der Waals surface area (Å²) in [6.45, 7) is 3.91. The van der Waals surface area contributed by atoms with Crippen LogP contribution in [0.1, 0.15) is 81.9 Å².